The van der Waals surface area contributed by atoms with Gasteiger partial charge in [0.05, 0.1) is 20.2 Å². The van der Waals surface area contributed by atoms with Gasteiger partial charge in [-0.05, 0) is 24.6 Å². The monoisotopic (exact) mass is 397 g/mol. The van der Waals surface area contributed by atoms with Gasteiger partial charge in [0.25, 0.3) is 0 Å². The van der Waals surface area contributed by atoms with Gasteiger partial charge in [-0.25, -0.2) is 19.0 Å². The van der Waals surface area contributed by atoms with Crippen molar-refractivity contribution in [1.29, 1.82) is 0 Å². The van der Waals surface area contributed by atoms with Crippen molar-refractivity contribution in [3.05, 3.63) is 61.6 Å². The molecule has 2 aromatic rings. The van der Waals surface area contributed by atoms with E-state index < -0.39 is 23.5 Å². The molecule has 1 atom stereocenters. The molecule has 0 saturated heterocycles. The van der Waals surface area contributed by atoms with Crippen molar-refractivity contribution >= 4 is 17.6 Å². The average molecular weight is 398 g/mol. The summed E-state index contributed by atoms with van der Waals surface area (Å²) in [6, 6.07) is 6.93. The van der Waals surface area contributed by atoms with Crippen LogP contribution in [0, 0.1) is 6.92 Å². The standard InChI is InChI=1S/C17H20ClN3O6/c1-11-19-16(23)21(9-14(15(22)26-3)27-10-25-2)17(24)20(11)8-12-4-6-13(18)7-5-12/h4-7,14H,8-10H2,1-3H3/t14-/m0/s1. The number of methoxy groups -OCH3 is 2. The lowest BCUT2D eigenvalue weighted by molar-refractivity contribution is -0.163. The minimum atomic E-state index is -1.19. The maximum absolute atomic E-state index is 12.8. The van der Waals surface area contributed by atoms with Gasteiger partial charge in [0.2, 0.25) is 0 Å². The maximum Gasteiger partial charge on any atom is 0.353 e. The summed E-state index contributed by atoms with van der Waals surface area (Å²) in [5, 5.41) is 0.571. The van der Waals surface area contributed by atoms with Gasteiger partial charge in [0.1, 0.15) is 12.6 Å². The van der Waals surface area contributed by atoms with Gasteiger partial charge >= 0.3 is 17.3 Å². The number of aromatic nitrogens is 3. The van der Waals surface area contributed by atoms with Crippen LogP contribution < -0.4 is 11.4 Å². The van der Waals surface area contributed by atoms with Crippen molar-refractivity contribution in [3.8, 4) is 0 Å². The van der Waals surface area contributed by atoms with Crippen molar-refractivity contribution in [2.75, 3.05) is 21.0 Å². The number of halogens is 1. The first-order valence-electron chi connectivity index (χ1n) is 7.98. The molecule has 10 heteroatoms. The van der Waals surface area contributed by atoms with Crippen LogP contribution in [0.5, 0.6) is 0 Å². The number of carbonyl (C=O) groups is 1. The molecule has 0 radical (unpaired) electrons. The lowest BCUT2D eigenvalue weighted by atomic mass is 10.2. The van der Waals surface area contributed by atoms with Crippen molar-refractivity contribution in [1.82, 2.24) is 14.1 Å². The highest BCUT2D eigenvalue weighted by Crippen LogP contribution is 2.10. The summed E-state index contributed by atoms with van der Waals surface area (Å²) >= 11 is 5.87. The quantitative estimate of drug-likeness (QED) is 0.474. The molecule has 2 rings (SSSR count). The largest absolute Gasteiger partial charge is 0.467 e. The van der Waals surface area contributed by atoms with Crippen molar-refractivity contribution in [3.63, 3.8) is 0 Å². The molecule has 0 bridgehead atoms. The molecule has 0 N–H and O–H groups in total. The highest BCUT2D eigenvalue weighted by Gasteiger charge is 2.23. The van der Waals surface area contributed by atoms with Gasteiger partial charge in [-0.2, -0.15) is 4.98 Å². The molecule has 0 amide bonds. The van der Waals surface area contributed by atoms with E-state index in [1.165, 1.54) is 18.8 Å². The Hall–Kier alpha value is -2.49. The summed E-state index contributed by atoms with van der Waals surface area (Å²) in [4.78, 5) is 40.8. The molecule has 0 saturated carbocycles. The third-order valence-electron chi connectivity index (χ3n) is 3.79. The fraction of sp³-hybridized carbons (Fsp3) is 0.412. The van der Waals surface area contributed by atoms with Gasteiger partial charge < -0.3 is 14.2 Å². The molecular weight excluding hydrogens is 378 g/mol. The normalized spacial score (nSPS) is 12.0. The van der Waals surface area contributed by atoms with Crippen LogP contribution in [0.2, 0.25) is 5.02 Å². The zero-order valence-electron chi connectivity index (χ0n) is 15.2. The molecule has 27 heavy (non-hydrogen) atoms. The Morgan fingerprint density at radius 3 is 2.44 bits per heavy atom. The van der Waals surface area contributed by atoms with Gasteiger partial charge in [-0.3, -0.25) is 4.57 Å². The number of aryl methyl sites for hydroxylation is 1. The van der Waals surface area contributed by atoms with E-state index in [9.17, 15) is 14.4 Å². The Kier molecular flexibility index (Phi) is 7.28. The van der Waals surface area contributed by atoms with Crippen molar-refractivity contribution in [2.24, 2.45) is 0 Å². The number of hydrogen-bond donors (Lipinski definition) is 0. The van der Waals surface area contributed by atoms with Gasteiger partial charge in [0, 0.05) is 12.1 Å². The summed E-state index contributed by atoms with van der Waals surface area (Å²) in [5.74, 6) is -0.480. The third-order valence-corrected chi connectivity index (χ3v) is 4.05. The zero-order valence-corrected chi connectivity index (χ0v) is 15.9. The van der Waals surface area contributed by atoms with Gasteiger partial charge in [-0.15, -0.1) is 0 Å². The summed E-state index contributed by atoms with van der Waals surface area (Å²) < 4.78 is 16.8. The first-order chi connectivity index (χ1) is 12.9. The van der Waals surface area contributed by atoms with Crippen LogP contribution in [-0.4, -0.2) is 47.2 Å². The second kappa shape index (κ2) is 9.45. The van der Waals surface area contributed by atoms with Gasteiger partial charge in [0.15, 0.2) is 6.10 Å². The predicted molar refractivity (Wildman–Crippen MR) is 96.8 cm³/mol. The Bertz CT molecular complexity index is 906. The first kappa shape index (κ1) is 20.8. The fourth-order valence-corrected chi connectivity index (χ4v) is 2.50. The fourth-order valence-electron chi connectivity index (χ4n) is 2.38. The molecule has 0 fully saturated rings. The van der Waals surface area contributed by atoms with E-state index in [1.807, 2.05) is 0 Å². The maximum atomic E-state index is 12.8. The van der Waals surface area contributed by atoms with Crippen molar-refractivity contribution in [2.45, 2.75) is 26.1 Å². The summed E-state index contributed by atoms with van der Waals surface area (Å²) in [6.07, 6.45) is -1.19. The van der Waals surface area contributed by atoms with Crippen LogP contribution in [0.4, 0.5) is 0 Å². The molecule has 0 aliphatic rings. The highest BCUT2D eigenvalue weighted by atomic mass is 35.5. The lowest BCUT2D eigenvalue weighted by Gasteiger charge is -2.17. The molecule has 0 aliphatic carbocycles. The van der Waals surface area contributed by atoms with Crippen LogP contribution in [-0.2, 0) is 32.1 Å². The van der Waals surface area contributed by atoms with Crippen molar-refractivity contribution < 1.29 is 19.0 Å². The molecule has 0 aliphatic heterocycles. The summed E-state index contributed by atoms with van der Waals surface area (Å²) in [5.41, 5.74) is -0.589. The van der Waals surface area contributed by atoms with Crippen LogP contribution in [0.25, 0.3) is 0 Å². The van der Waals surface area contributed by atoms with E-state index in [0.29, 0.717) is 5.02 Å². The number of rotatable bonds is 8. The average Bonchev–Trinajstić information content (AvgIpc) is 2.65. The van der Waals surface area contributed by atoms with E-state index >= 15 is 0 Å². The van der Waals surface area contributed by atoms with Crippen LogP contribution >= 0.6 is 11.6 Å². The predicted octanol–water partition coefficient (Wildman–Crippen LogP) is 0.577. The molecule has 146 valence electrons. The second-order valence-electron chi connectivity index (χ2n) is 5.63. The van der Waals surface area contributed by atoms with E-state index in [-0.39, 0.29) is 25.7 Å². The number of benzene rings is 1. The minimum absolute atomic E-state index is 0.191. The SMILES string of the molecule is COCO[C@@H](Cn1c(=O)nc(C)n(Cc2ccc(Cl)cc2)c1=O)C(=O)OC. The number of nitrogens with zero attached hydrogens (tertiary/aromatic N) is 3. The number of carbonyl (C=O) groups excluding carboxylic acids is 1. The second-order valence-corrected chi connectivity index (χ2v) is 6.07. The molecular formula is C17H20ClN3O6. The van der Waals surface area contributed by atoms with E-state index in [0.717, 1.165) is 10.1 Å². The Morgan fingerprint density at radius 1 is 1.19 bits per heavy atom. The smallest absolute Gasteiger partial charge is 0.353 e. The Morgan fingerprint density at radius 2 is 1.85 bits per heavy atom. The number of esters is 1. The lowest BCUT2D eigenvalue weighted by Crippen LogP contribution is -2.47. The molecule has 1 heterocycles. The van der Waals surface area contributed by atoms with E-state index in [2.05, 4.69) is 9.72 Å². The summed E-state index contributed by atoms with van der Waals surface area (Å²) in [6.45, 7) is 1.20. The molecule has 1 aromatic carbocycles. The van der Waals surface area contributed by atoms with E-state index in [4.69, 9.17) is 21.1 Å². The van der Waals surface area contributed by atoms with Crippen LogP contribution in [0.1, 0.15) is 11.4 Å². The van der Waals surface area contributed by atoms with Gasteiger partial charge in [-0.1, -0.05) is 23.7 Å². The molecule has 1 aromatic heterocycles. The summed E-state index contributed by atoms with van der Waals surface area (Å²) in [7, 11) is 2.56. The third kappa shape index (κ3) is 5.25. The molecule has 0 unspecified atom stereocenters. The molecule has 0 spiro atoms. The van der Waals surface area contributed by atoms with E-state index in [1.54, 1.807) is 31.2 Å². The Labute approximate surface area is 160 Å². The minimum Gasteiger partial charge on any atom is -0.467 e. The topological polar surface area (TPSA) is 102 Å². The molecule has 9 nitrogen and oxygen atoms in total. The first-order valence-corrected chi connectivity index (χ1v) is 8.36. The number of hydrogen-bond acceptors (Lipinski definition) is 7. The zero-order chi connectivity index (χ0) is 20.0. The van der Waals surface area contributed by atoms with Crippen LogP contribution in [0.15, 0.2) is 33.9 Å². The highest BCUT2D eigenvalue weighted by molar-refractivity contribution is 6.30. The van der Waals surface area contributed by atoms with Crippen LogP contribution in [0.3, 0.4) is 0 Å². The Balaban J connectivity index is 2.39. The number of ether oxygens (including phenoxy) is 3.